The van der Waals surface area contributed by atoms with Crippen molar-refractivity contribution in [1.29, 1.82) is 0 Å². The Morgan fingerprint density at radius 2 is 1.70 bits per heavy atom. The van der Waals surface area contributed by atoms with Gasteiger partial charge in [-0.2, -0.15) is 0 Å². The summed E-state index contributed by atoms with van der Waals surface area (Å²) in [4.78, 5) is 29.0. The average molecular weight is 387 g/mol. The van der Waals surface area contributed by atoms with Crippen molar-refractivity contribution in [2.45, 2.75) is 12.8 Å². The number of carbonyl (C=O) groups excluding carboxylic acids is 2. The molecule has 0 spiro atoms. The van der Waals surface area contributed by atoms with Crippen LogP contribution in [-0.2, 0) is 11.2 Å². The summed E-state index contributed by atoms with van der Waals surface area (Å²) in [5, 5.41) is 0.548. The number of hydrogen-bond donors (Lipinski definition) is 0. The molecule has 3 rings (SSSR count). The Morgan fingerprint density at radius 1 is 1.00 bits per heavy atom. The Hall–Kier alpha value is -2.53. The highest BCUT2D eigenvalue weighted by Crippen LogP contribution is 2.16. The molecule has 2 aromatic rings. The Morgan fingerprint density at radius 3 is 2.41 bits per heavy atom. The van der Waals surface area contributed by atoms with Gasteiger partial charge in [0.1, 0.15) is 5.75 Å². The van der Waals surface area contributed by atoms with Gasteiger partial charge in [-0.25, -0.2) is 0 Å². The molecular weight excluding hydrogens is 364 g/mol. The second-order valence-electron chi connectivity index (χ2n) is 6.56. The molecule has 2 amide bonds. The van der Waals surface area contributed by atoms with E-state index in [0.29, 0.717) is 43.2 Å². The van der Waals surface area contributed by atoms with Crippen LogP contribution in [0, 0.1) is 0 Å². The third-order valence-electron chi connectivity index (χ3n) is 4.72. The molecule has 1 fully saturated rings. The number of methoxy groups -OCH3 is 1. The number of carbonyl (C=O) groups is 2. The molecule has 0 saturated carbocycles. The van der Waals surface area contributed by atoms with Gasteiger partial charge in [0.2, 0.25) is 5.91 Å². The third-order valence-corrected chi connectivity index (χ3v) is 4.96. The number of nitrogens with zero attached hydrogens (tertiary/aromatic N) is 2. The number of hydrogen-bond acceptors (Lipinski definition) is 3. The van der Waals surface area contributed by atoms with E-state index in [-0.39, 0.29) is 11.8 Å². The molecule has 1 aliphatic rings. The molecule has 0 atom stereocenters. The maximum absolute atomic E-state index is 12.7. The summed E-state index contributed by atoms with van der Waals surface area (Å²) < 4.78 is 5.14. The molecule has 1 aliphatic heterocycles. The SMILES string of the molecule is COc1ccc(CC(=O)N2CCCN(C(=O)c3cccc(Cl)c3)CC2)cc1. The third kappa shape index (κ3) is 5.01. The molecule has 0 N–H and O–H groups in total. The number of rotatable bonds is 4. The van der Waals surface area contributed by atoms with Crippen molar-refractivity contribution in [2.75, 3.05) is 33.3 Å². The zero-order valence-electron chi connectivity index (χ0n) is 15.4. The normalized spacial score (nSPS) is 14.6. The van der Waals surface area contributed by atoms with Gasteiger partial charge in [0.15, 0.2) is 0 Å². The minimum absolute atomic E-state index is 0.0399. The zero-order valence-corrected chi connectivity index (χ0v) is 16.1. The summed E-state index contributed by atoms with van der Waals surface area (Å²) in [6.45, 7) is 2.37. The van der Waals surface area contributed by atoms with Gasteiger partial charge in [-0.05, 0) is 42.3 Å². The highest BCUT2D eigenvalue weighted by atomic mass is 35.5. The first-order valence-corrected chi connectivity index (χ1v) is 9.40. The predicted molar refractivity (Wildman–Crippen MR) is 105 cm³/mol. The molecular formula is C21H23ClN2O3. The maximum atomic E-state index is 12.7. The molecule has 1 saturated heterocycles. The van der Waals surface area contributed by atoms with Crippen molar-refractivity contribution < 1.29 is 14.3 Å². The monoisotopic (exact) mass is 386 g/mol. The van der Waals surface area contributed by atoms with Gasteiger partial charge in [0.25, 0.3) is 5.91 Å². The molecule has 27 heavy (non-hydrogen) atoms. The maximum Gasteiger partial charge on any atom is 0.253 e. The summed E-state index contributed by atoms with van der Waals surface area (Å²) in [7, 11) is 1.62. The van der Waals surface area contributed by atoms with E-state index in [1.54, 1.807) is 36.3 Å². The highest BCUT2D eigenvalue weighted by Gasteiger charge is 2.23. The summed E-state index contributed by atoms with van der Waals surface area (Å²) in [6, 6.07) is 14.5. The Balaban J connectivity index is 1.58. The van der Waals surface area contributed by atoms with E-state index in [1.165, 1.54) is 0 Å². The smallest absolute Gasteiger partial charge is 0.253 e. The van der Waals surface area contributed by atoms with Gasteiger partial charge in [-0.1, -0.05) is 29.8 Å². The number of amides is 2. The lowest BCUT2D eigenvalue weighted by Gasteiger charge is -2.22. The van der Waals surface area contributed by atoms with Crippen LogP contribution in [0.1, 0.15) is 22.3 Å². The molecule has 0 aromatic heterocycles. The summed E-state index contributed by atoms with van der Waals surface area (Å²) in [6.07, 6.45) is 1.12. The highest BCUT2D eigenvalue weighted by molar-refractivity contribution is 6.30. The fourth-order valence-electron chi connectivity index (χ4n) is 3.20. The predicted octanol–water partition coefficient (Wildman–Crippen LogP) is 3.27. The lowest BCUT2D eigenvalue weighted by Crippen LogP contribution is -2.38. The standard InChI is InChI=1S/C21H23ClN2O3/c1-27-19-8-6-16(7-9-19)14-20(25)23-10-3-11-24(13-12-23)21(26)17-4-2-5-18(22)15-17/h2,4-9,15H,3,10-14H2,1H3. The van der Waals surface area contributed by atoms with Gasteiger partial charge < -0.3 is 14.5 Å². The summed E-state index contributed by atoms with van der Waals surface area (Å²) in [5.41, 5.74) is 1.54. The van der Waals surface area contributed by atoms with Crippen LogP contribution in [0.2, 0.25) is 5.02 Å². The minimum atomic E-state index is -0.0399. The largest absolute Gasteiger partial charge is 0.497 e. The van der Waals surface area contributed by atoms with Crippen molar-refractivity contribution in [3.05, 3.63) is 64.7 Å². The second-order valence-corrected chi connectivity index (χ2v) is 7.00. The first-order chi connectivity index (χ1) is 13.1. The summed E-state index contributed by atoms with van der Waals surface area (Å²) in [5.74, 6) is 0.815. The minimum Gasteiger partial charge on any atom is -0.497 e. The molecule has 1 heterocycles. The van der Waals surface area contributed by atoms with Crippen molar-refractivity contribution >= 4 is 23.4 Å². The van der Waals surface area contributed by atoms with Crippen LogP contribution in [0.5, 0.6) is 5.75 Å². The van der Waals surface area contributed by atoms with E-state index < -0.39 is 0 Å². The lowest BCUT2D eigenvalue weighted by atomic mass is 10.1. The Kier molecular flexibility index (Phi) is 6.35. The molecule has 142 valence electrons. The zero-order chi connectivity index (χ0) is 19.2. The van der Waals surface area contributed by atoms with Gasteiger partial charge in [0, 0.05) is 36.8 Å². The fourth-order valence-corrected chi connectivity index (χ4v) is 3.39. The fraction of sp³-hybridized carbons (Fsp3) is 0.333. The lowest BCUT2D eigenvalue weighted by molar-refractivity contribution is -0.130. The van der Waals surface area contributed by atoms with Crippen LogP contribution in [-0.4, -0.2) is 54.9 Å². The molecule has 0 bridgehead atoms. The van der Waals surface area contributed by atoms with E-state index in [1.807, 2.05) is 29.2 Å². The van der Waals surface area contributed by atoms with Crippen molar-refractivity contribution in [2.24, 2.45) is 0 Å². The quantitative estimate of drug-likeness (QED) is 0.810. The van der Waals surface area contributed by atoms with Crippen LogP contribution in [0.15, 0.2) is 48.5 Å². The number of ether oxygens (including phenoxy) is 1. The van der Waals surface area contributed by atoms with E-state index in [9.17, 15) is 9.59 Å². The van der Waals surface area contributed by atoms with Gasteiger partial charge >= 0.3 is 0 Å². The molecule has 6 heteroatoms. The van der Waals surface area contributed by atoms with Crippen LogP contribution in [0.25, 0.3) is 0 Å². The first-order valence-electron chi connectivity index (χ1n) is 9.02. The van der Waals surface area contributed by atoms with E-state index in [0.717, 1.165) is 17.7 Å². The topological polar surface area (TPSA) is 49.9 Å². The van der Waals surface area contributed by atoms with Gasteiger partial charge in [-0.3, -0.25) is 9.59 Å². The Bertz CT molecular complexity index is 807. The molecule has 0 radical (unpaired) electrons. The second kappa shape index (κ2) is 8.91. The average Bonchev–Trinajstić information content (AvgIpc) is 2.94. The van der Waals surface area contributed by atoms with Crippen molar-refractivity contribution in [3.63, 3.8) is 0 Å². The first kappa shape index (κ1) is 19.2. The number of halogens is 1. The van der Waals surface area contributed by atoms with E-state index in [4.69, 9.17) is 16.3 Å². The van der Waals surface area contributed by atoms with E-state index >= 15 is 0 Å². The van der Waals surface area contributed by atoms with Crippen molar-refractivity contribution in [1.82, 2.24) is 9.80 Å². The Labute approximate surface area is 164 Å². The van der Waals surface area contributed by atoms with E-state index in [2.05, 4.69) is 0 Å². The molecule has 0 aliphatic carbocycles. The van der Waals surface area contributed by atoms with Gasteiger partial charge in [0.05, 0.1) is 13.5 Å². The molecule has 2 aromatic carbocycles. The van der Waals surface area contributed by atoms with Crippen LogP contribution in [0.4, 0.5) is 0 Å². The molecule has 5 nitrogen and oxygen atoms in total. The van der Waals surface area contributed by atoms with Crippen molar-refractivity contribution in [3.8, 4) is 5.75 Å². The molecule has 0 unspecified atom stereocenters. The number of benzene rings is 2. The summed E-state index contributed by atoms with van der Waals surface area (Å²) >= 11 is 5.99. The van der Waals surface area contributed by atoms with Crippen LogP contribution in [0.3, 0.4) is 0 Å². The van der Waals surface area contributed by atoms with Gasteiger partial charge in [-0.15, -0.1) is 0 Å². The van der Waals surface area contributed by atoms with Crippen LogP contribution >= 0.6 is 11.6 Å². The van der Waals surface area contributed by atoms with Crippen LogP contribution < -0.4 is 4.74 Å².